The normalized spacial score (nSPS) is 16.8. The number of benzene rings is 1. The van der Waals surface area contributed by atoms with Crippen LogP contribution in [0.3, 0.4) is 0 Å². The van der Waals surface area contributed by atoms with E-state index >= 15 is 0 Å². The van der Waals surface area contributed by atoms with Gasteiger partial charge in [-0.1, -0.05) is 6.07 Å². The van der Waals surface area contributed by atoms with Crippen molar-refractivity contribution in [3.8, 4) is 5.75 Å². The number of rotatable bonds is 2. The van der Waals surface area contributed by atoms with Crippen molar-refractivity contribution in [1.82, 2.24) is 10.2 Å². The summed E-state index contributed by atoms with van der Waals surface area (Å²) in [7, 11) is 3.28. The average molecular weight is 334 g/mol. The van der Waals surface area contributed by atoms with Gasteiger partial charge in [-0.05, 0) is 63.3 Å². The fourth-order valence-corrected chi connectivity index (χ4v) is 2.59. The first kappa shape index (κ1) is 18.1. The third-order valence-corrected chi connectivity index (χ3v) is 3.70. The number of alkyl carbamates (subject to hydrolysis) is 1. The molecule has 1 N–H and O–H groups in total. The second-order valence-electron chi connectivity index (χ2n) is 7.28. The van der Waals surface area contributed by atoms with Gasteiger partial charge in [0.2, 0.25) is 0 Å². The van der Waals surface area contributed by atoms with E-state index in [1.165, 1.54) is 10.5 Å². The number of amides is 2. The maximum absolute atomic E-state index is 11.9. The van der Waals surface area contributed by atoms with Crippen LogP contribution in [0.4, 0.5) is 9.59 Å². The van der Waals surface area contributed by atoms with E-state index in [-0.39, 0.29) is 6.04 Å². The summed E-state index contributed by atoms with van der Waals surface area (Å²) < 4.78 is 10.6. The van der Waals surface area contributed by atoms with Gasteiger partial charge in [0.1, 0.15) is 11.4 Å². The van der Waals surface area contributed by atoms with Crippen molar-refractivity contribution in [2.75, 3.05) is 14.1 Å². The molecule has 0 saturated heterocycles. The summed E-state index contributed by atoms with van der Waals surface area (Å²) in [6.07, 6.45) is 1.63. The highest BCUT2D eigenvalue weighted by molar-refractivity contribution is 5.70. The molecule has 6 nitrogen and oxygen atoms in total. The first-order valence-electron chi connectivity index (χ1n) is 8.14. The van der Waals surface area contributed by atoms with Gasteiger partial charge in [-0.3, -0.25) is 0 Å². The largest absolute Gasteiger partial charge is 0.444 e. The van der Waals surface area contributed by atoms with Gasteiger partial charge < -0.3 is 19.7 Å². The Labute approximate surface area is 143 Å². The van der Waals surface area contributed by atoms with Gasteiger partial charge in [0.25, 0.3) is 0 Å². The molecule has 0 spiro atoms. The number of carbonyl (C=O) groups excluding carboxylic acids is 2. The molecular formula is C18H26N2O4. The topological polar surface area (TPSA) is 67.9 Å². The van der Waals surface area contributed by atoms with Gasteiger partial charge in [0.05, 0.1) is 0 Å². The van der Waals surface area contributed by atoms with Crippen LogP contribution in [0.25, 0.3) is 0 Å². The van der Waals surface area contributed by atoms with Gasteiger partial charge >= 0.3 is 12.2 Å². The van der Waals surface area contributed by atoms with E-state index in [2.05, 4.69) is 5.32 Å². The summed E-state index contributed by atoms with van der Waals surface area (Å²) in [6, 6.07) is 5.69. The number of nitrogens with zero attached hydrogens (tertiary/aromatic N) is 1. The van der Waals surface area contributed by atoms with Gasteiger partial charge in [-0.2, -0.15) is 0 Å². The van der Waals surface area contributed by atoms with Crippen LogP contribution in [0, 0.1) is 0 Å². The number of ether oxygens (including phenoxy) is 2. The van der Waals surface area contributed by atoms with E-state index in [9.17, 15) is 9.59 Å². The molecule has 1 aliphatic rings. The molecule has 132 valence electrons. The number of fused-ring (bicyclic) bond motifs is 1. The minimum atomic E-state index is -0.510. The van der Waals surface area contributed by atoms with Crippen LogP contribution >= 0.6 is 0 Å². The van der Waals surface area contributed by atoms with E-state index in [4.69, 9.17) is 9.47 Å². The van der Waals surface area contributed by atoms with E-state index in [1.807, 2.05) is 39.0 Å². The Hall–Kier alpha value is -2.24. The maximum atomic E-state index is 11.9. The molecule has 1 unspecified atom stereocenters. The van der Waals surface area contributed by atoms with Crippen LogP contribution < -0.4 is 10.1 Å². The van der Waals surface area contributed by atoms with Crippen molar-refractivity contribution in [3.05, 3.63) is 29.3 Å². The molecule has 1 aromatic rings. The minimum absolute atomic E-state index is 0.0205. The molecule has 24 heavy (non-hydrogen) atoms. The number of hydrogen-bond donors (Lipinski definition) is 1. The third kappa shape index (κ3) is 5.15. The number of aryl methyl sites for hydroxylation is 1. The van der Waals surface area contributed by atoms with E-state index in [0.717, 1.165) is 18.4 Å². The predicted octanol–water partition coefficient (Wildman–Crippen LogP) is 3.13. The molecule has 0 fully saturated rings. The van der Waals surface area contributed by atoms with Crippen LogP contribution in [-0.2, 0) is 17.6 Å². The Balaban J connectivity index is 2.01. The van der Waals surface area contributed by atoms with Crippen molar-refractivity contribution < 1.29 is 19.1 Å². The van der Waals surface area contributed by atoms with Gasteiger partial charge in [-0.25, -0.2) is 9.59 Å². The zero-order chi connectivity index (χ0) is 17.9. The summed E-state index contributed by atoms with van der Waals surface area (Å²) in [6.45, 7) is 5.52. The smallest absolute Gasteiger partial charge is 0.414 e. The fourth-order valence-electron chi connectivity index (χ4n) is 2.59. The summed E-state index contributed by atoms with van der Waals surface area (Å²) in [4.78, 5) is 25.0. The molecular weight excluding hydrogens is 308 g/mol. The molecule has 0 radical (unpaired) electrons. The number of hydrogen-bond acceptors (Lipinski definition) is 4. The molecule has 2 rings (SSSR count). The summed E-state index contributed by atoms with van der Waals surface area (Å²) >= 11 is 0. The Morgan fingerprint density at radius 1 is 1.21 bits per heavy atom. The highest BCUT2D eigenvalue weighted by Crippen LogP contribution is 2.26. The monoisotopic (exact) mass is 334 g/mol. The molecule has 0 saturated carbocycles. The summed E-state index contributed by atoms with van der Waals surface area (Å²) in [5.74, 6) is 0.519. The van der Waals surface area contributed by atoms with Gasteiger partial charge in [0.15, 0.2) is 0 Å². The van der Waals surface area contributed by atoms with E-state index in [0.29, 0.717) is 12.2 Å². The van der Waals surface area contributed by atoms with Crippen LogP contribution in [0.15, 0.2) is 18.2 Å². The van der Waals surface area contributed by atoms with Crippen molar-refractivity contribution in [3.63, 3.8) is 0 Å². The molecule has 1 atom stereocenters. The molecule has 6 heteroatoms. The Morgan fingerprint density at radius 2 is 1.92 bits per heavy atom. The van der Waals surface area contributed by atoms with Crippen LogP contribution in [0.1, 0.15) is 38.3 Å². The standard InChI is InChI=1S/C18H26N2O4/c1-18(2,3)24-16(21)19-14-8-6-12-7-9-15(11-13(12)10-14)23-17(22)20(4)5/h7,9,11,14H,6,8,10H2,1-5H3,(H,19,21). The van der Waals surface area contributed by atoms with E-state index in [1.54, 1.807) is 14.1 Å². The molecule has 0 bridgehead atoms. The second kappa shape index (κ2) is 7.11. The lowest BCUT2D eigenvalue weighted by Crippen LogP contribution is -2.41. The van der Waals surface area contributed by atoms with Crippen molar-refractivity contribution in [2.45, 2.75) is 51.7 Å². The minimum Gasteiger partial charge on any atom is -0.444 e. The predicted molar refractivity (Wildman–Crippen MR) is 91.3 cm³/mol. The van der Waals surface area contributed by atoms with Crippen molar-refractivity contribution >= 4 is 12.2 Å². The Kier molecular flexibility index (Phi) is 5.36. The Bertz CT molecular complexity index is 620. The molecule has 1 aromatic carbocycles. The highest BCUT2D eigenvalue weighted by atomic mass is 16.6. The number of carbonyl (C=O) groups is 2. The first-order valence-corrected chi connectivity index (χ1v) is 8.14. The molecule has 2 amide bonds. The van der Waals surface area contributed by atoms with Gasteiger partial charge in [0, 0.05) is 20.1 Å². The number of nitrogens with one attached hydrogen (secondary N) is 1. The Morgan fingerprint density at radius 3 is 2.54 bits per heavy atom. The highest BCUT2D eigenvalue weighted by Gasteiger charge is 2.24. The fraction of sp³-hybridized carbons (Fsp3) is 0.556. The van der Waals surface area contributed by atoms with E-state index < -0.39 is 17.8 Å². The summed E-state index contributed by atoms with van der Waals surface area (Å²) in [5, 5.41) is 2.92. The van der Waals surface area contributed by atoms with Crippen LogP contribution in [-0.4, -0.2) is 42.8 Å². The molecule has 0 aliphatic heterocycles. The molecule has 0 aromatic heterocycles. The SMILES string of the molecule is CN(C)C(=O)Oc1ccc2c(c1)CC(NC(=O)OC(C)(C)C)CC2. The first-order chi connectivity index (χ1) is 11.1. The molecule has 0 heterocycles. The van der Waals surface area contributed by atoms with Crippen molar-refractivity contribution in [2.24, 2.45) is 0 Å². The summed E-state index contributed by atoms with van der Waals surface area (Å²) in [5.41, 5.74) is 1.80. The average Bonchev–Trinajstić information content (AvgIpc) is 2.44. The van der Waals surface area contributed by atoms with Crippen LogP contribution in [0.5, 0.6) is 5.75 Å². The lowest BCUT2D eigenvalue weighted by atomic mass is 9.88. The lowest BCUT2D eigenvalue weighted by Gasteiger charge is -2.27. The van der Waals surface area contributed by atoms with Crippen molar-refractivity contribution in [1.29, 1.82) is 0 Å². The lowest BCUT2D eigenvalue weighted by molar-refractivity contribution is 0.0500. The maximum Gasteiger partial charge on any atom is 0.414 e. The molecule has 1 aliphatic carbocycles. The second-order valence-corrected chi connectivity index (χ2v) is 7.28. The van der Waals surface area contributed by atoms with Gasteiger partial charge in [-0.15, -0.1) is 0 Å². The zero-order valence-corrected chi connectivity index (χ0v) is 15.0. The quantitative estimate of drug-likeness (QED) is 0.902. The van der Waals surface area contributed by atoms with Crippen LogP contribution in [0.2, 0.25) is 0 Å². The zero-order valence-electron chi connectivity index (χ0n) is 15.0. The third-order valence-electron chi connectivity index (χ3n) is 3.70.